The molecule has 8 nitrogen and oxygen atoms in total. The quantitative estimate of drug-likeness (QED) is 0.499. The third-order valence-electron chi connectivity index (χ3n) is 4.95. The molecule has 1 saturated heterocycles. The molecule has 0 radical (unpaired) electrons. The Hall–Kier alpha value is -2.10. The normalized spacial score (nSPS) is 33.6. The highest BCUT2D eigenvalue weighted by Gasteiger charge is 2.56. The van der Waals surface area contributed by atoms with Crippen LogP contribution in [0.5, 0.6) is 0 Å². The maximum absolute atomic E-state index is 15.4. The number of hydrogen-bond donors (Lipinski definition) is 4. The van der Waals surface area contributed by atoms with Crippen LogP contribution < -0.4 is 10.9 Å². The van der Waals surface area contributed by atoms with Crippen LogP contribution >= 0.6 is 0 Å². The molecular formula is C17H23FN4O4. The van der Waals surface area contributed by atoms with E-state index in [0.29, 0.717) is 0 Å². The Balaban J connectivity index is 1.93. The molecule has 3 rings (SSSR count). The van der Waals surface area contributed by atoms with E-state index in [2.05, 4.69) is 32.0 Å². The summed E-state index contributed by atoms with van der Waals surface area (Å²) in [6.45, 7) is 3.56. The van der Waals surface area contributed by atoms with Crippen molar-refractivity contribution in [2.45, 2.75) is 37.1 Å². The highest BCUT2D eigenvalue weighted by Crippen LogP contribution is 2.47. The minimum Gasteiger partial charge on any atom is -0.396 e. The topological polar surface area (TPSA) is 120 Å². The lowest BCUT2D eigenvalue weighted by Crippen LogP contribution is -2.39. The lowest BCUT2D eigenvalue weighted by molar-refractivity contribution is -0.0618. The summed E-state index contributed by atoms with van der Waals surface area (Å²) >= 11 is 0. The predicted octanol–water partition coefficient (Wildman–Crippen LogP) is 0.654. The Labute approximate surface area is 152 Å². The van der Waals surface area contributed by atoms with Crippen molar-refractivity contribution in [1.29, 1.82) is 1.43 Å². The minimum absolute atomic E-state index is 0.0226. The number of aromatic amines is 1. The summed E-state index contributed by atoms with van der Waals surface area (Å²) in [6.07, 6.45) is 0.391. The molecule has 2 aliphatic rings. The first-order chi connectivity index (χ1) is 13.5. The van der Waals surface area contributed by atoms with Crippen molar-refractivity contribution in [3.05, 3.63) is 28.7 Å². The van der Waals surface area contributed by atoms with Crippen molar-refractivity contribution < 1.29 is 20.7 Å². The van der Waals surface area contributed by atoms with Gasteiger partial charge >= 0.3 is 0 Å². The Morgan fingerprint density at radius 2 is 2.54 bits per heavy atom. The van der Waals surface area contributed by atoms with Gasteiger partial charge in [-0.3, -0.25) is 14.8 Å². The molecule has 2 aliphatic heterocycles. The van der Waals surface area contributed by atoms with Gasteiger partial charge in [0.05, 0.1) is 18.2 Å². The van der Waals surface area contributed by atoms with Gasteiger partial charge in [-0.05, 0) is 13.3 Å². The summed E-state index contributed by atoms with van der Waals surface area (Å²) in [6, 6.07) is 0. The van der Waals surface area contributed by atoms with E-state index in [9.17, 15) is 9.90 Å². The summed E-state index contributed by atoms with van der Waals surface area (Å²) in [5, 5.41) is 17.0. The summed E-state index contributed by atoms with van der Waals surface area (Å²) in [5.74, 6) is -1.32. The Kier molecular flexibility index (Phi) is 4.49. The average Bonchev–Trinajstić information content (AvgIpc) is 3.24. The van der Waals surface area contributed by atoms with E-state index in [1.54, 1.807) is 0 Å². The molecule has 5 atom stereocenters. The molecule has 0 amide bonds. The van der Waals surface area contributed by atoms with Crippen LogP contribution in [0.15, 0.2) is 22.4 Å². The van der Waals surface area contributed by atoms with E-state index >= 15 is 4.39 Å². The summed E-state index contributed by atoms with van der Waals surface area (Å²) in [5.41, 5.74) is -1.44. The lowest BCUT2D eigenvalue weighted by Gasteiger charge is -2.29. The van der Waals surface area contributed by atoms with Gasteiger partial charge in [-0.1, -0.05) is 6.08 Å². The van der Waals surface area contributed by atoms with Gasteiger partial charge < -0.3 is 20.3 Å². The van der Waals surface area contributed by atoms with Crippen molar-refractivity contribution in [1.82, 2.24) is 9.97 Å². The number of anilines is 1. The third-order valence-corrected chi connectivity index (χ3v) is 4.95. The zero-order valence-electron chi connectivity index (χ0n) is 16.2. The number of ether oxygens (including phenoxy) is 1. The zero-order chi connectivity index (χ0) is 20.3. The number of nitrogens with zero attached hydrogens (tertiary/aromatic N) is 2. The minimum atomic E-state index is -1.52. The van der Waals surface area contributed by atoms with Crippen molar-refractivity contribution in [3.63, 3.8) is 0 Å². The smallest absolute Gasteiger partial charge is 0.278 e. The zero-order valence-corrected chi connectivity index (χ0v) is 14.2. The molecule has 0 saturated carbocycles. The van der Waals surface area contributed by atoms with E-state index in [-0.39, 0.29) is 43.8 Å². The van der Waals surface area contributed by atoms with E-state index < -0.39 is 41.9 Å². The van der Waals surface area contributed by atoms with Gasteiger partial charge in [0.1, 0.15) is 17.9 Å². The van der Waals surface area contributed by atoms with Crippen LogP contribution in [0.1, 0.15) is 26.3 Å². The second-order valence-electron chi connectivity index (χ2n) is 6.32. The van der Waals surface area contributed by atoms with E-state index in [4.69, 9.17) is 7.54 Å². The molecule has 4 N–H and O–H groups in total. The molecule has 1 aromatic heterocycles. The van der Waals surface area contributed by atoms with Gasteiger partial charge in [-0.15, -0.1) is 6.58 Å². The SMILES string of the molecule is [3H]CCNc1nc2c(c(=O)[nH]1)N=CC2[C@@H]1O[C@](C=C)(CO)[C@@H](CCO[3H])[C@H]1F. The molecule has 0 aliphatic carbocycles. The van der Waals surface area contributed by atoms with Crippen LogP contribution in [0, 0.1) is 5.92 Å². The molecule has 1 unspecified atom stereocenters. The molecule has 0 spiro atoms. The number of rotatable bonds is 8. The van der Waals surface area contributed by atoms with Gasteiger partial charge in [-0.2, -0.15) is 0 Å². The number of hydrogen-bond acceptors (Lipinski definition) is 7. The van der Waals surface area contributed by atoms with Crippen molar-refractivity contribution >= 4 is 17.9 Å². The first-order valence-electron chi connectivity index (χ1n) is 9.48. The van der Waals surface area contributed by atoms with Crippen molar-refractivity contribution in [2.24, 2.45) is 10.9 Å². The van der Waals surface area contributed by atoms with Gasteiger partial charge in [0.15, 0.2) is 5.69 Å². The highest BCUT2D eigenvalue weighted by atomic mass is 19.1. The Morgan fingerprint density at radius 3 is 3.23 bits per heavy atom. The molecule has 3 heterocycles. The lowest BCUT2D eigenvalue weighted by atomic mass is 9.82. The fourth-order valence-electron chi connectivity index (χ4n) is 3.63. The molecule has 142 valence electrons. The van der Waals surface area contributed by atoms with Gasteiger partial charge in [0, 0.05) is 26.7 Å². The maximum atomic E-state index is 15.4. The van der Waals surface area contributed by atoms with Crippen LogP contribution in [-0.4, -0.2) is 65.5 Å². The Bertz CT molecular complexity index is 808. The van der Waals surface area contributed by atoms with Crippen LogP contribution in [0.3, 0.4) is 0 Å². The summed E-state index contributed by atoms with van der Waals surface area (Å²) in [7, 11) is 0. The number of alkyl halides is 1. The molecule has 0 aromatic carbocycles. The van der Waals surface area contributed by atoms with Crippen molar-refractivity contribution in [3.8, 4) is 0 Å². The molecule has 1 aromatic rings. The fourth-order valence-corrected chi connectivity index (χ4v) is 3.63. The van der Waals surface area contributed by atoms with E-state index in [1.807, 2.05) is 0 Å². The van der Waals surface area contributed by atoms with Gasteiger partial charge in [0.2, 0.25) is 7.38 Å². The first kappa shape index (κ1) is 16.1. The second kappa shape index (κ2) is 7.26. The summed E-state index contributed by atoms with van der Waals surface area (Å²) in [4.78, 5) is 23.2. The largest absolute Gasteiger partial charge is 0.396 e. The number of halogens is 1. The molecule has 1 fully saturated rings. The average molecular weight is 370 g/mol. The van der Waals surface area contributed by atoms with Crippen molar-refractivity contribution in [2.75, 3.05) is 25.1 Å². The number of aromatic nitrogens is 2. The van der Waals surface area contributed by atoms with E-state index in [1.165, 1.54) is 12.3 Å². The number of aliphatic imine (C=N–C) groups is 1. The van der Waals surface area contributed by atoms with Gasteiger partial charge in [0.25, 0.3) is 5.56 Å². The third kappa shape index (κ3) is 2.85. The number of fused-ring (bicyclic) bond motifs is 1. The fraction of sp³-hybridized carbons (Fsp3) is 0.588. The number of aliphatic hydroxyl groups excluding tert-OH is 2. The second-order valence-corrected chi connectivity index (χ2v) is 6.32. The number of aliphatic hydroxyl groups is 2. The Morgan fingerprint density at radius 1 is 1.69 bits per heavy atom. The standard InChI is InChI=1S/C17H23FN4O4/c1-3-17(8-24)10(5-6-23)11(18)14(26-17)9-7-20-13-12(9)21-16(19-4-2)22-15(13)25/h3,7,9-11,14,23-24H,1,4-6,8H2,2H3,(H2,19,21,22,25)/t9?,10-,11+,14-,17+/m0/s1/i2T,23T. The van der Waals surface area contributed by atoms with Crippen LogP contribution in [-0.2, 0) is 4.74 Å². The number of H-pyrrole nitrogens is 1. The maximum Gasteiger partial charge on any atom is 0.278 e. The number of nitrogens with one attached hydrogen (secondary N) is 2. The van der Waals surface area contributed by atoms with Crippen LogP contribution in [0.4, 0.5) is 16.0 Å². The molecule has 0 bridgehead atoms. The first-order valence-corrected chi connectivity index (χ1v) is 8.37. The van der Waals surface area contributed by atoms with Crippen LogP contribution in [0.2, 0.25) is 0 Å². The van der Waals surface area contributed by atoms with E-state index in [0.717, 1.165) is 0 Å². The predicted molar refractivity (Wildman–Crippen MR) is 94.9 cm³/mol. The molecular weight excluding hydrogens is 343 g/mol. The molecule has 26 heavy (non-hydrogen) atoms. The van der Waals surface area contributed by atoms with Gasteiger partial charge in [-0.25, -0.2) is 9.37 Å². The molecule has 9 heteroatoms. The highest BCUT2D eigenvalue weighted by molar-refractivity contribution is 5.80. The van der Waals surface area contributed by atoms with Crippen LogP contribution in [0.25, 0.3) is 0 Å². The summed E-state index contributed by atoms with van der Waals surface area (Å²) < 4.78 is 35.3. The monoisotopic (exact) mass is 370 g/mol.